The molecule has 0 aliphatic rings. The number of nitrogens with one attached hydrogen (secondary N) is 1. The van der Waals surface area contributed by atoms with Gasteiger partial charge in [-0.05, 0) is 12.1 Å². The van der Waals surface area contributed by atoms with Crippen molar-refractivity contribution in [1.29, 1.82) is 0 Å². The van der Waals surface area contributed by atoms with Crippen LogP contribution in [-0.4, -0.2) is 12.5 Å². The van der Waals surface area contributed by atoms with Gasteiger partial charge in [-0.2, -0.15) is 0 Å². The molecule has 3 N–H and O–H groups in total. The molecule has 16 heavy (non-hydrogen) atoms. The zero-order valence-electron chi connectivity index (χ0n) is 9.01. The van der Waals surface area contributed by atoms with Crippen LogP contribution < -0.4 is 11.1 Å². The first-order valence-electron chi connectivity index (χ1n) is 4.88. The van der Waals surface area contributed by atoms with Crippen molar-refractivity contribution in [3.8, 4) is 11.8 Å². The summed E-state index contributed by atoms with van der Waals surface area (Å²) in [5.74, 6) is 4.84. The molecule has 0 spiro atoms. The topological polar surface area (TPSA) is 55.1 Å². The van der Waals surface area contributed by atoms with Gasteiger partial charge < -0.3 is 11.1 Å². The third-order valence-electron chi connectivity index (χ3n) is 1.88. The second-order valence-corrected chi connectivity index (χ2v) is 3.24. The van der Waals surface area contributed by atoms with Crippen LogP contribution in [0.15, 0.2) is 18.2 Å². The molecule has 0 radical (unpaired) electrons. The van der Waals surface area contributed by atoms with Crippen LogP contribution in [0.1, 0.15) is 18.9 Å². The molecule has 0 unspecified atom stereocenters. The van der Waals surface area contributed by atoms with Gasteiger partial charge in [-0.15, -0.1) is 0 Å². The summed E-state index contributed by atoms with van der Waals surface area (Å²) in [6.07, 6.45) is 0.480. The molecule has 1 rings (SSSR count). The molecule has 0 aliphatic carbocycles. The Labute approximate surface area is 93.8 Å². The molecule has 0 fully saturated rings. The average molecular weight is 220 g/mol. The highest BCUT2D eigenvalue weighted by Crippen LogP contribution is 2.12. The molecule has 0 bridgehead atoms. The lowest BCUT2D eigenvalue weighted by Crippen LogP contribution is -2.20. The molecule has 1 amide bonds. The summed E-state index contributed by atoms with van der Waals surface area (Å²) >= 11 is 0. The highest BCUT2D eigenvalue weighted by molar-refractivity contribution is 5.72. The first kappa shape index (κ1) is 12.1. The molecule has 4 heteroatoms. The van der Waals surface area contributed by atoms with Crippen LogP contribution in [0.3, 0.4) is 0 Å². The first-order chi connectivity index (χ1) is 7.61. The van der Waals surface area contributed by atoms with Crippen molar-refractivity contribution in [3.63, 3.8) is 0 Å². The van der Waals surface area contributed by atoms with Gasteiger partial charge in [0, 0.05) is 19.9 Å². The van der Waals surface area contributed by atoms with Crippen molar-refractivity contribution in [2.45, 2.75) is 13.3 Å². The van der Waals surface area contributed by atoms with Gasteiger partial charge in [0.1, 0.15) is 0 Å². The molecule has 0 saturated heterocycles. The fourth-order valence-corrected chi connectivity index (χ4v) is 1.11. The summed E-state index contributed by atoms with van der Waals surface area (Å²) in [6, 6.07) is 4.70. The molecule has 0 heterocycles. The number of anilines is 1. The minimum atomic E-state index is -0.491. The number of carbonyl (C=O) groups is 1. The van der Waals surface area contributed by atoms with Crippen molar-refractivity contribution in [1.82, 2.24) is 5.32 Å². The highest BCUT2D eigenvalue weighted by Gasteiger charge is 2.01. The predicted molar refractivity (Wildman–Crippen MR) is 61.0 cm³/mol. The van der Waals surface area contributed by atoms with E-state index in [4.69, 9.17) is 5.73 Å². The quantitative estimate of drug-likeness (QED) is 0.448. The van der Waals surface area contributed by atoms with Gasteiger partial charge in [0.15, 0.2) is 5.82 Å². The van der Waals surface area contributed by atoms with E-state index >= 15 is 0 Å². The van der Waals surface area contributed by atoms with Crippen LogP contribution in [0, 0.1) is 17.7 Å². The molecule has 0 aliphatic heterocycles. The average Bonchev–Trinajstić information content (AvgIpc) is 2.23. The SMILES string of the molecule is CC(=O)NCCC#Cc1cccc(N)c1F. The lowest BCUT2D eigenvalue weighted by Gasteiger charge is -1.97. The van der Waals surface area contributed by atoms with Gasteiger partial charge in [0.05, 0.1) is 11.3 Å². The number of carbonyl (C=O) groups excluding carboxylic acids is 1. The summed E-state index contributed by atoms with van der Waals surface area (Å²) in [5, 5.41) is 2.60. The number of hydrogen-bond donors (Lipinski definition) is 2. The number of halogens is 1. The van der Waals surface area contributed by atoms with Gasteiger partial charge in [-0.25, -0.2) is 4.39 Å². The Bertz CT molecular complexity index is 446. The van der Waals surface area contributed by atoms with Gasteiger partial charge in [-0.1, -0.05) is 17.9 Å². The largest absolute Gasteiger partial charge is 0.396 e. The van der Waals surface area contributed by atoms with Crippen molar-refractivity contribution < 1.29 is 9.18 Å². The van der Waals surface area contributed by atoms with E-state index in [1.165, 1.54) is 13.0 Å². The Hall–Kier alpha value is -2.02. The Morgan fingerprint density at radius 3 is 3.00 bits per heavy atom. The normalized spacial score (nSPS) is 9.12. The molecular weight excluding hydrogens is 207 g/mol. The van der Waals surface area contributed by atoms with E-state index in [1.807, 2.05) is 0 Å². The van der Waals surface area contributed by atoms with E-state index in [1.54, 1.807) is 12.1 Å². The third-order valence-corrected chi connectivity index (χ3v) is 1.88. The highest BCUT2D eigenvalue weighted by atomic mass is 19.1. The zero-order chi connectivity index (χ0) is 12.0. The van der Waals surface area contributed by atoms with Crippen molar-refractivity contribution in [2.24, 2.45) is 0 Å². The summed E-state index contributed by atoms with van der Waals surface area (Å²) in [5.41, 5.74) is 5.76. The van der Waals surface area contributed by atoms with Crippen molar-refractivity contribution in [3.05, 3.63) is 29.6 Å². The van der Waals surface area contributed by atoms with Crippen LogP contribution in [0.4, 0.5) is 10.1 Å². The standard InChI is InChI=1S/C12H13FN2O/c1-9(16)15-8-3-2-5-10-6-4-7-11(14)12(10)13/h4,6-7H,3,8,14H2,1H3,(H,15,16). The van der Waals surface area contributed by atoms with Crippen LogP contribution in [-0.2, 0) is 4.79 Å². The smallest absolute Gasteiger partial charge is 0.216 e. The Kier molecular flexibility index (Phi) is 4.34. The van der Waals surface area contributed by atoms with Crippen LogP contribution in [0.25, 0.3) is 0 Å². The molecule has 1 aromatic rings. The lowest BCUT2D eigenvalue weighted by molar-refractivity contribution is -0.118. The predicted octanol–water partition coefficient (Wildman–Crippen LogP) is 1.29. The molecular formula is C12H13FN2O. The van der Waals surface area contributed by atoms with Gasteiger partial charge >= 0.3 is 0 Å². The maximum absolute atomic E-state index is 13.3. The zero-order valence-corrected chi connectivity index (χ0v) is 9.01. The van der Waals surface area contributed by atoms with Gasteiger partial charge in [0.2, 0.25) is 5.91 Å². The second-order valence-electron chi connectivity index (χ2n) is 3.24. The number of amides is 1. The Morgan fingerprint density at radius 1 is 1.56 bits per heavy atom. The van der Waals surface area contributed by atoms with E-state index in [-0.39, 0.29) is 17.2 Å². The lowest BCUT2D eigenvalue weighted by atomic mass is 10.2. The molecule has 84 valence electrons. The molecule has 1 aromatic carbocycles. The first-order valence-corrected chi connectivity index (χ1v) is 4.88. The maximum atomic E-state index is 13.3. The number of rotatable bonds is 2. The maximum Gasteiger partial charge on any atom is 0.216 e. The van der Waals surface area contributed by atoms with Gasteiger partial charge in [0.25, 0.3) is 0 Å². The summed E-state index contributed by atoms with van der Waals surface area (Å²) in [7, 11) is 0. The monoisotopic (exact) mass is 220 g/mol. The van der Waals surface area contributed by atoms with Gasteiger partial charge in [-0.3, -0.25) is 4.79 Å². The molecule has 0 saturated carbocycles. The van der Waals surface area contributed by atoms with Crippen LogP contribution in [0.2, 0.25) is 0 Å². The number of nitrogens with two attached hydrogens (primary N) is 1. The van der Waals surface area contributed by atoms with Crippen LogP contribution >= 0.6 is 0 Å². The number of benzene rings is 1. The summed E-state index contributed by atoms with van der Waals surface area (Å²) in [6.45, 7) is 1.90. The minimum Gasteiger partial charge on any atom is -0.396 e. The fraction of sp³-hybridized carbons (Fsp3) is 0.250. The van der Waals surface area contributed by atoms with E-state index in [0.717, 1.165) is 0 Å². The Morgan fingerprint density at radius 2 is 2.31 bits per heavy atom. The molecule has 3 nitrogen and oxygen atoms in total. The third kappa shape index (κ3) is 3.62. The fourth-order valence-electron chi connectivity index (χ4n) is 1.11. The van der Waals surface area contributed by atoms with Crippen LogP contribution in [0.5, 0.6) is 0 Å². The summed E-state index contributed by atoms with van der Waals surface area (Å²) in [4.78, 5) is 10.5. The number of nitrogen functional groups attached to an aromatic ring is 1. The minimum absolute atomic E-state index is 0.0914. The molecule has 0 aromatic heterocycles. The van der Waals surface area contributed by atoms with E-state index in [9.17, 15) is 9.18 Å². The second kappa shape index (κ2) is 5.76. The Balaban J connectivity index is 2.56. The summed E-state index contributed by atoms with van der Waals surface area (Å²) < 4.78 is 13.3. The van der Waals surface area contributed by atoms with E-state index < -0.39 is 5.82 Å². The molecule has 0 atom stereocenters. The number of hydrogen-bond acceptors (Lipinski definition) is 2. The van der Waals surface area contributed by atoms with Crippen molar-refractivity contribution >= 4 is 11.6 Å². The van der Waals surface area contributed by atoms with E-state index in [2.05, 4.69) is 17.2 Å². The van der Waals surface area contributed by atoms with Crippen molar-refractivity contribution in [2.75, 3.05) is 12.3 Å². The van der Waals surface area contributed by atoms with E-state index in [0.29, 0.717) is 13.0 Å².